The van der Waals surface area contributed by atoms with Gasteiger partial charge in [0.15, 0.2) is 0 Å². The van der Waals surface area contributed by atoms with Crippen LogP contribution in [0.4, 0.5) is 10.5 Å². The summed E-state index contributed by atoms with van der Waals surface area (Å²) in [5.41, 5.74) is 0.548. The van der Waals surface area contributed by atoms with Crippen LogP contribution in [0.1, 0.15) is 6.42 Å². The molecule has 0 aliphatic rings. The van der Waals surface area contributed by atoms with Gasteiger partial charge < -0.3 is 5.11 Å². The zero-order chi connectivity index (χ0) is 11.3. The van der Waals surface area contributed by atoms with Crippen molar-refractivity contribution < 1.29 is 9.90 Å². The fraction of sp³-hybridized carbons (Fsp3) is 0.200. The summed E-state index contributed by atoms with van der Waals surface area (Å²) in [5.74, 6) is 0. The van der Waals surface area contributed by atoms with Gasteiger partial charge in [0.05, 0.1) is 5.69 Å². The minimum atomic E-state index is -0.995. The maximum atomic E-state index is 11.0. The first kappa shape index (κ1) is 11.7. The molecule has 0 aliphatic carbocycles. The Balaban J connectivity index is 2.93. The van der Waals surface area contributed by atoms with Crippen molar-refractivity contribution >= 4 is 27.7 Å². The number of carbonyl (C=O) groups is 1. The fourth-order valence-electron chi connectivity index (χ4n) is 1.12. The van der Waals surface area contributed by atoms with E-state index < -0.39 is 6.09 Å². The van der Waals surface area contributed by atoms with Gasteiger partial charge in [-0.1, -0.05) is 6.08 Å². The van der Waals surface area contributed by atoms with E-state index >= 15 is 0 Å². The van der Waals surface area contributed by atoms with Gasteiger partial charge in [0.2, 0.25) is 0 Å². The van der Waals surface area contributed by atoms with Crippen molar-refractivity contribution in [3.8, 4) is 0 Å². The summed E-state index contributed by atoms with van der Waals surface area (Å²) >= 11 is 3.22. The van der Waals surface area contributed by atoms with Crippen LogP contribution in [0.2, 0.25) is 0 Å². The lowest BCUT2D eigenvalue weighted by Gasteiger charge is -2.18. The largest absolute Gasteiger partial charge is 0.465 e. The van der Waals surface area contributed by atoms with E-state index in [1.165, 1.54) is 4.90 Å². The monoisotopic (exact) mass is 270 g/mol. The molecule has 1 aromatic rings. The third kappa shape index (κ3) is 3.06. The molecular formula is C10H11BrN2O2. The van der Waals surface area contributed by atoms with E-state index in [-0.39, 0.29) is 0 Å². The van der Waals surface area contributed by atoms with E-state index in [1.807, 2.05) is 0 Å². The Hall–Kier alpha value is -1.36. The lowest BCUT2D eigenvalue weighted by Crippen LogP contribution is -2.30. The van der Waals surface area contributed by atoms with Crippen molar-refractivity contribution in [1.82, 2.24) is 4.98 Å². The summed E-state index contributed by atoms with van der Waals surface area (Å²) in [4.78, 5) is 16.2. The Morgan fingerprint density at radius 1 is 1.73 bits per heavy atom. The molecule has 1 aromatic heterocycles. The molecular weight excluding hydrogens is 260 g/mol. The van der Waals surface area contributed by atoms with Crippen LogP contribution in [0.25, 0.3) is 0 Å². The topological polar surface area (TPSA) is 53.4 Å². The number of hydrogen-bond donors (Lipinski definition) is 1. The molecule has 0 bridgehead atoms. The van der Waals surface area contributed by atoms with Gasteiger partial charge in [0, 0.05) is 12.7 Å². The van der Waals surface area contributed by atoms with Gasteiger partial charge in [0.25, 0.3) is 0 Å². The molecule has 80 valence electrons. The molecule has 1 amide bonds. The van der Waals surface area contributed by atoms with E-state index in [1.54, 1.807) is 24.4 Å². The molecule has 0 aromatic carbocycles. The number of aromatic nitrogens is 1. The predicted octanol–water partition coefficient (Wildman–Crippen LogP) is 2.90. The van der Waals surface area contributed by atoms with Crippen LogP contribution in [0.3, 0.4) is 0 Å². The molecule has 5 heteroatoms. The number of amides is 1. The normalized spacial score (nSPS) is 9.67. The van der Waals surface area contributed by atoms with Crippen LogP contribution in [-0.4, -0.2) is 22.7 Å². The van der Waals surface area contributed by atoms with Crippen molar-refractivity contribution in [1.29, 1.82) is 0 Å². The number of carboxylic acid groups (broad SMARTS) is 1. The average molecular weight is 271 g/mol. The van der Waals surface area contributed by atoms with Crippen LogP contribution in [0, 0.1) is 0 Å². The standard InChI is InChI=1S/C10H11BrN2O2/c1-2-3-7-13(10(14)15)8-5-4-6-12-9(8)11/h2,4-6H,1,3,7H2,(H,14,15). The first-order chi connectivity index (χ1) is 7.16. The summed E-state index contributed by atoms with van der Waals surface area (Å²) < 4.78 is 0.525. The highest BCUT2D eigenvalue weighted by Crippen LogP contribution is 2.23. The summed E-state index contributed by atoms with van der Waals surface area (Å²) in [6, 6.07) is 3.40. The Morgan fingerprint density at radius 2 is 2.47 bits per heavy atom. The quantitative estimate of drug-likeness (QED) is 0.676. The molecule has 0 aliphatic heterocycles. The zero-order valence-corrected chi connectivity index (χ0v) is 9.64. The number of nitrogens with zero attached hydrogens (tertiary/aromatic N) is 2. The summed E-state index contributed by atoms with van der Waals surface area (Å²) in [7, 11) is 0. The van der Waals surface area contributed by atoms with Crippen LogP contribution >= 0.6 is 15.9 Å². The SMILES string of the molecule is C=CCCN(C(=O)O)c1cccnc1Br. The van der Waals surface area contributed by atoms with Crippen molar-refractivity contribution in [2.45, 2.75) is 6.42 Å². The van der Waals surface area contributed by atoms with Crippen LogP contribution < -0.4 is 4.90 Å². The molecule has 0 spiro atoms. The average Bonchev–Trinajstić information content (AvgIpc) is 2.20. The second-order valence-corrected chi connectivity index (χ2v) is 3.58. The first-order valence-corrected chi connectivity index (χ1v) is 5.18. The minimum Gasteiger partial charge on any atom is -0.465 e. The van der Waals surface area contributed by atoms with Crippen molar-refractivity contribution in [3.63, 3.8) is 0 Å². The summed E-state index contributed by atoms with van der Waals surface area (Å²) in [6.45, 7) is 3.94. The molecule has 15 heavy (non-hydrogen) atoms. The Bertz CT molecular complexity index is 368. The molecule has 4 nitrogen and oxygen atoms in total. The van der Waals surface area contributed by atoms with Crippen LogP contribution in [0.15, 0.2) is 35.6 Å². The van der Waals surface area contributed by atoms with E-state index in [9.17, 15) is 4.79 Å². The molecule has 1 rings (SSSR count). The second kappa shape index (κ2) is 5.50. The van der Waals surface area contributed by atoms with E-state index in [0.29, 0.717) is 23.3 Å². The van der Waals surface area contributed by atoms with Crippen molar-refractivity contribution in [2.75, 3.05) is 11.4 Å². The number of halogens is 1. The summed E-state index contributed by atoms with van der Waals surface area (Å²) in [6.07, 6.45) is 2.89. The van der Waals surface area contributed by atoms with Gasteiger partial charge in [-0.05, 0) is 34.5 Å². The van der Waals surface area contributed by atoms with E-state index in [4.69, 9.17) is 5.11 Å². The van der Waals surface area contributed by atoms with E-state index in [0.717, 1.165) is 0 Å². The van der Waals surface area contributed by atoms with Crippen molar-refractivity contribution in [3.05, 3.63) is 35.6 Å². The predicted molar refractivity (Wildman–Crippen MR) is 62.1 cm³/mol. The highest BCUT2D eigenvalue weighted by Gasteiger charge is 2.16. The molecule has 0 unspecified atom stereocenters. The zero-order valence-electron chi connectivity index (χ0n) is 8.06. The third-order valence-corrected chi connectivity index (χ3v) is 2.43. The molecule has 1 N–H and O–H groups in total. The fourth-order valence-corrected chi connectivity index (χ4v) is 1.58. The molecule has 1 heterocycles. The van der Waals surface area contributed by atoms with E-state index in [2.05, 4.69) is 27.5 Å². The van der Waals surface area contributed by atoms with Gasteiger partial charge in [-0.3, -0.25) is 4.90 Å². The molecule has 0 radical (unpaired) electrons. The maximum absolute atomic E-state index is 11.0. The Morgan fingerprint density at radius 3 is 3.00 bits per heavy atom. The molecule has 0 atom stereocenters. The highest BCUT2D eigenvalue weighted by atomic mass is 79.9. The highest BCUT2D eigenvalue weighted by molar-refractivity contribution is 9.10. The Labute approximate surface area is 96.4 Å². The van der Waals surface area contributed by atoms with Gasteiger partial charge in [0.1, 0.15) is 4.60 Å². The van der Waals surface area contributed by atoms with Gasteiger partial charge >= 0.3 is 6.09 Å². The molecule has 0 fully saturated rings. The smallest absolute Gasteiger partial charge is 0.411 e. The van der Waals surface area contributed by atoms with Crippen LogP contribution in [-0.2, 0) is 0 Å². The Kier molecular flexibility index (Phi) is 4.30. The second-order valence-electron chi connectivity index (χ2n) is 2.82. The van der Waals surface area contributed by atoms with Crippen molar-refractivity contribution in [2.24, 2.45) is 0 Å². The number of rotatable bonds is 4. The number of pyridine rings is 1. The molecule has 0 saturated carbocycles. The van der Waals surface area contributed by atoms with Gasteiger partial charge in [-0.15, -0.1) is 6.58 Å². The first-order valence-electron chi connectivity index (χ1n) is 4.38. The third-order valence-electron chi connectivity index (χ3n) is 1.82. The lowest BCUT2D eigenvalue weighted by atomic mass is 10.3. The van der Waals surface area contributed by atoms with Gasteiger partial charge in [-0.25, -0.2) is 9.78 Å². The lowest BCUT2D eigenvalue weighted by molar-refractivity contribution is 0.202. The molecule has 0 saturated heterocycles. The number of anilines is 1. The minimum absolute atomic E-state index is 0.378. The number of hydrogen-bond acceptors (Lipinski definition) is 2. The van der Waals surface area contributed by atoms with Gasteiger partial charge in [-0.2, -0.15) is 0 Å². The summed E-state index contributed by atoms with van der Waals surface area (Å²) in [5, 5.41) is 9.02. The van der Waals surface area contributed by atoms with Crippen LogP contribution in [0.5, 0.6) is 0 Å². The maximum Gasteiger partial charge on any atom is 0.411 e.